The van der Waals surface area contributed by atoms with Gasteiger partial charge in [0.25, 0.3) is 0 Å². The average molecular weight is 340 g/mol. The van der Waals surface area contributed by atoms with E-state index in [0.29, 0.717) is 0 Å². The molecule has 2 unspecified atom stereocenters. The Morgan fingerprint density at radius 1 is 1.16 bits per heavy atom. The minimum atomic E-state index is -0.0432. The van der Waals surface area contributed by atoms with Crippen molar-refractivity contribution in [3.63, 3.8) is 0 Å². The van der Waals surface area contributed by atoms with Crippen LogP contribution in [0.4, 0.5) is 5.69 Å². The largest absolute Gasteiger partial charge is 0.489 e. The molecule has 6 heteroatoms. The predicted molar refractivity (Wildman–Crippen MR) is 95.6 cm³/mol. The molecule has 132 valence electrons. The number of likely N-dealkylation sites (tertiary alicyclic amines) is 1. The number of anilines is 1. The number of carbonyl (C=O) groups excluding carboxylic acids is 1. The third-order valence-corrected chi connectivity index (χ3v) is 5.08. The van der Waals surface area contributed by atoms with Crippen molar-refractivity contribution in [2.24, 2.45) is 7.05 Å². The number of carbonyl (C=O) groups is 1. The Bertz CT molecular complexity index is 730. The van der Waals surface area contributed by atoms with Crippen LogP contribution in [0, 0.1) is 0 Å². The van der Waals surface area contributed by atoms with Gasteiger partial charge in [0.15, 0.2) is 0 Å². The Labute approximate surface area is 148 Å². The van der Waals surface area contributed by atoms with E-state index in [-0.39, 0.29) is 18.1 Å². The molecule has 2 fully saturated rings. The molecule has 0 radical (unpaired) electrons. The number of nitrogens with zero attached hydrogens (tertiary/aromatic N) is 4. The quantitative estimate of drug-likeness (QED) is 0.855. The molecule has 3 heterocycles. The number of piperidine rings is 1. The van der Waals surface area contributed by atoms with E-state index >= 15 is 0 Å². The van der Waals surface area contributed by atoms with Crippen molar-refractivity contribution >= 4 is 11.6 Å². The normalized spacial score (nSPS) is 24.7. The molecular weight excluding hydrogens is 316 g/mol. The molecule has 1 aromatic heterocycles. The highest BCUT2D eigenvalue weighted by Gasteiger charge is 2.38. The lowest BCUT2D eigenvalue weighted by atomic mass is 10.0. The van der Waals surface area contributed by atoms with Crippen LogP contribution in [-0.2, 0) is 11.8 Å². The third-order valence-electron chi connectivity index (χ3n) is 5.08. The van der Waals surface area contributed by atoms with Gasteiger partial charge in [0.1, 0.15) is 11.9 Å². The number of benzene rings is 1. The molecule has 4 rings (SSSR count). The molecule has 2 saturated heterocycles. The number of hydrogen-bond acceptors (Lipinski definition) is 4. The van der Waals surface area contributed by atoms with E-state index in [0.717, 1.165) is 50.3 Å². The van der Waals surface area contributed by atoms with Gasteiger partial charge in [0.2, 0.25) is 5.91 Å². The van der Waals surface area contributed by atoms with Crippen molar-refractivity contribution in [3.8, 4) is 5.75 Å². The lowest BCUT2D eigenvalue weighted by Gasteiger charge is -2.36. The molecule has 2 aliphatic heterocycles. The van der Waals surface area contributed by atoms with Gasteiger partial charge in [-0.3, -0.25) is 14.4 Å². The maximum Gasteiger partial charge on any atom is 0.244 e. The molecule has 0 saturated carbocycles. The number of rotatable bonds is 4. The summed E-state index contributed by atoms with van der Waals surface area (Å²) in [4.78, 5) is 17.2. The van der Waals surface area contributed by atoms with Gasteiger partial charge < -0.3 is 9.64 Å². The zero-order chi connectivity index (χ0) is 17.2. The summed E-state index contributed by atoms with van der Waals surface area (Å²) in [5.74, 6) is 1.10. The van der Waals surface area contributed by atoms with Crippen molar-refractivity contribution in [2.45, 2.75) is 31.4 Å². The van der Waals surface area contributed by atoms with Crippen LogP contribution in [0.3, 0.4) is 0 Å². The second-order valence-corrected chi connectivity index (χ2v) is 6.86. The second-order valence-electron chi connectivity index (χ2n) is 6.86. The Kier molecular flexibility index (Phi) is 4.44. The molecule has 0 N–H and O–H groups in total. The highest BCUT2D eigenvalue weighted by molar-refractivity contribution is 5.97. The maximum atomic E-state index is 13.0. The minimum absolute atomic E-state index is 0.0432. The first-order valence-corrected chi connectivity index (χ1v) is 8.96. The number of ether oxygens (including phenoxy) is 1. The van der Waals surface area contributed by atoms with Crippen LogP contribution >= 0.6 is 0 Å². The molecule has 0 bridgehead atoms. The average Bonchev–Trinajstić information content (AvgIpc) is 3.25. The van der Waals surface area contributed by atoms with Gasteiger partial charge in [0.05, 0.1) is 17.9 Å². The van der Waals surface area contributed by atoms with Crippen LogP contribution in [0.5, 0.6) is 5.75 Å². The van der Waals surface area contributed by atoms with Crippen molar-refractivity contribution in [1.82, 2.24) is 14.7 Å². The van der Waals surface area contributed by atoms with Gasteiger partial charge in [-0.15, -0.1) is 0 Å². The third kappa shape index (κ3) is 3.39. The minimum Gasteiger partial charge on any atom is -0.489 e. The van der Waals surface area contributed by atoms with Gasteiger partial charge in [0, 0.05) is 32.9 Å². The summed E-state index contributed by atoms with van der Waals surface area (Å²) < 4.78 is 7.81. The van der Waals surface area contributed by atoms with Gasteiger partial charge in [-0.05, 0) is 31.4 Å². The molecule has 6 nitrogen and oxygen atoms in total. The van der Waals surface area contributed by atoms with Gasteiger partial charge >= 0.3 is 0 Å². The Hall–Kier alpha value is -2.34. The molecule has 0 spiro atoms. The summed E-state index contributed by atoms with van der Waals surface area (Å²) in [5.41, 5.74) is 0.897. The summed E-state index contributed by atoms with van der Waals surface area (Å²) in [7, 11) is 1.88. The predicted octanol–water partition coefficient (Wildman–Crippen LogP) is 2.07. The highest BCUT2D eigenvalue weighted by atomic mass is 16.5. The molecule has 2 aromatic rings. The first-order chi connectivity index (χ1) is 12.2. The van der Waals surface area contributed by atoms with Crippen molar-refractivity contribution in [3.05, 3.63) is 42.7 Å². The summed E-state index contributed by atoms with van der Waals surface area (Å²) in [6.45, 7) is 2.50. The number of para-hydroxylation sites is 1. The smallest absolute Gasteiger partial charge is 0.244 e. The molecule has 25 heavy (non-hydrogen) atoms. The number of aryl methyl sites for hydroxylation is 1. The number of aromatic nitrogens is 2. The van der Waals surface area contributed by atoms with Crippen LogP contribution in [0.1, 0.15) is 19.3 Å². The highest BCUT2D eigenvalue weighted by Crippen LogP contribution is 2.27. The van der Waals surface area contributed by atoms with E-state index in [9.17, 15) is 4.79 Å². The monoisotopic (exact) mass is 340 g/mol. The van der Waals surface area contributed by atoms with E-state index in [1.54, 1.807) is 10.9 Å². The summed E-state index contributed by atoms with van der Waals surface area (Å²) in [5, 5.41) is 4.20. The standard InChI is InChI=1S/C19H24N4O2/c1-21-13-15(12-20-21)23-10-5-8-18(19(23)24)22-11-9-17(14-22)25-16-6-3-2-4-7-16/h2-4,6-7,12-13,17-18H,5,8-11,14H2,1H3. The fourth-order valence-corrected chi connectivity index (χ4v) is 3.82. The Balaban J connectivity index is 1.40. The van der Waals surface area contributed by atoms with E-state index < -0.39 is 0 Å². The summed E-state index contributed by atoms with van der Waals surface area (Å²) in [6, 6.07) is 9.88. The SMILES string of the molecule is Cn1cc(N2CCCC(N3CCC(Oc4ccccc4)C3)C2=O)cn1. The Morgan fingerprint density at radius 2 is 2.00 bits per heavy atom. The molecule has 2 aliphatic rings. The molecule has 2 atom stereocenters. The lowest BCUT2D eigenvalue weighted by Crippen LogP contribution is -2.52. The molecular formula is C19H24N4O2. The second kappa shape index (κ2) is 6.88. The van der Waals surface area contributed by atoms with Crippen LogP contribution in [0.25, 0.3) is 0 Å². The van der Waals surface area contributed by atoms with Crippen LogP contribution in [0.15, 0.2) is 42.7 Å². The van der Waals surface area contributed by atoms with E-state index in [2.05, 4.69) is 10.00 Å². The van der Waals surface area contributed by atoms with Crippen molar-refractivity contribution in [2.75, 3.05) is 24.5 Å². The van der Waals surface area contributed by atoms with Gasteiger partial charge in [-0.25, -0.2) is 0 Å². The topological polar surface area (TPSA) is 50.6 Å². The van der Waals surface area contributed by atoms with Gasteiger partial charge in [-0.1, -0.05) is 18.2 Å². The molecule has 0 aliphatic carbocycles. The first-order valence-electron chi connectivity index (χ1n) is 8.96. The fourth-order valence-electron chi connectivity index (χ4n) is 3.82. The zero-order valence-corrected chi connectivity index (χ0v) is 14.5. The van der Waals surface area contributed by atoms with Gasteiger partial charge in [-0.2, -0.15) is 5.10 Å². The lowest BCUT2D eigenvalue weighted by molar-refractivity contribution is -0.125. The first kappa shape index (κ1) is 16.1. The van der Waals surface area contributed by atoms with Crippen LogP contribution < -0.4 is 9.64 Å². The number of hydrogen-bond donors (Lipinski definition) is 0. The number of amides is 1. The van der Waals surface area contributed by atoms with Crippen molar-refractivity contribution in [1.29, 1.82) is 0 Å². The van der Waals surface area contributed by atoms with Crippen molar-refractivity contribution < 1.29 is 9.53 Å². The van der Waals surface area contributed by atoms with E-state index in [4.69, 9.17) is 4.74 Å². The molecule has 1 amide bonds. The van der Waals surface area contributed by atoms with Crippen LogP contribution in [0.2, 0.25) is 0 Å². The Morgan fingerprint density at radius 3 is 2.76 bits per heavy atom. The fraction of sp³-hybridized carbons (Fsp3) is 0.474. The van der Waals surface area contributed by atoms with E-state index in [1.165, 1.54) is 0 Å². The molecule has 1 aromatic carbocycles. The van der Waals surface area contributed by atoms with E-state index in [1.807, 2.05) is 48.5 Å². The zero-order valence-electron chi connectivity index (χ0n) is 14.5. The summed E-state index contributed by atoms with van der Waals surface area (Å²) >= 11 is 0. The summed E-state index contributed by atoms with van der Waals surface area (Å²) in [6.07, 6.45) is 6.74. The van der Waals surface area contributed by atoms with Crippen LogP contribution in [-0.4, -0.2) is 52.4 Å². The maximum absolute atomic E-state index is 13.0.